The minimum absolute atomic E-state index is 0.344. The van der Waals surface area contributed by atoms with Crippen LogP contribution in [0, 0.1) is 5.82 Å². The molecular weight excluding hydrogens is 286 g/mol. The molecule has 0 saturated heterocycles. The summed E-state index contributed by atoms with van der Waals surface area (Å²) in [6, 6.07) is 10.3. The molecule has 19 heavy (non-hydrogen) atoms. The summed E-state index contributed by atoms with van der Waals surface area (Å²) in [6.45, 7) is 1.27. The Labute approximate surface area is 120 Å². The van der Waals surface area contributed by atoms with E-state index in [1.807, 2.05) is 18.2 Å². The van der Waals surface area contributed by atoms with Gasteiger partial charge in [-0.2, -0.15) is 0 Å². The van der Waals surface area contributed by atoms with Gasteiger partial charge < -0.3 is 4.74 Å². The maximum atomic E-state index is 13.0. The number of halogens is 3. The highest BCUT2D eigenvalue weighted by atomic mass is 35.5. The van der Waals surface area contributed by atoms with Crippen LogP contribution in [0.15, 0.2) is 36.4 Å². The molecule has 0 aromatic heterocycles. The molecule has 0 radical (unpaired) electrons. The molecule has 2 aromatic carbocycles. The second-order valence-electron chi connectivity index (χ2n) is 4.55. The van der Waals surface area contributed by atoms with E-state index in [1.54, 1.807) is 6.07 Å². The zero-order valence-corrected chi connectivity index (χ0v) is 11.5. The third-order valence-corrected chi connectivity index (χ3v) is 4.09. The lowest BCUT2D eigenvalue weighted by molar-refractivity contribution is 0.134. The summed E-state index contributed by atoms with van der Waals surface area (Å²) in [6.07, 6.45) is 0. The molecule has 2 aromatic rings. The summed E-state index contributed by atoms with van der Waals surface area (Å²) in [7, 11) is 0. The first-order valence-corrected chi connectivity index (χ1v) is 6.75. The van der Waals surface area contributed by atoms with Gasteiger partial charge in [-0.3, -0.25) is 0 Å². The SMILES string of the molecule is Fc1ccc(C(Cl)c2ccc3c(c2)COC3)c(Cl)c1. The predicted molar refractivity (Wildman–Crippen MR) is 74.0 cm³/mol. The van der Waals surface area contributed by atoms with Crippen LogP contribution in [0.1, 0.15) is 27.6 Å². The van der Waals surface area contributed by atoms with E-state index in [1.165, 1.54) is 17.7 Å². The molecule has 0 saturated carbocycles. The molecule has 1 atom stereocenters. The molecule has 1 aliphatic heterocycles. The van der Waals surface area contributed by atoms with Crippen molar-refractivity contribution in [3.05, 3.63) is 69.5 Å². The van der Waals surface area contributed by atoms with E-state index in [0.717, 1.165) is 11.1 Å². The Morgan fingerprint density at radius 2 is 1.84 bits per heavy atom. The minimum Gasteiger partial charge on any atom is -0.372 e. The van der Waals surface area contributed by atoms with Crippen LogP contribution in [-0.4, -0.2) is 0 Å². The van der Waals surface area contributed by atoms with Crippen LogP contribution in [-0.2, 0) is 18.0 Å². The number of rotatable bonds is 2. The summed E-state index contributed by atoms with van der Waals surface area (Å²) < 4.78 is 18.4. The van der Waals surface area contributed by atoms with Crippen molar-refractivity contribution >= 4 is 23.2 Å². The molecule has 1 heterocycles. The lowest BCUT2D eigenvalue weighted by Crippen LogP contribution is -1.96. The topological polar surface area (TPSA) is 9.23 Å². The summed E-state index contributed by atoms with van der Waals surface area (Å²) in [4.78, 5) is 0. The Balaban J connectivity index is 1.97. The van der Waals surface area contributed by atoms with Crippen LogP contribution in [0.4, 0.5) is 4.39 Å². The lowest BCUT2D eigenvalue weighted by Gasteiger charge is -2.13. The average molecular weight is 297 g/mol. The fraction of sp³-hybridized carbons (Fsp3) is 0.200. The number of alkyl halides is 1. The van der Waals surface area contributed by atoms with Crippen molar-refractivity contribution in [1.29, 1.82) is 0 Å². The maximum Gasteiger partial charge on any atom is 0.124 e. The van der Waals surface area contributed by atoms with Crippen molar-refractivity contribution in [2.24, 2.45) is 0 Å². The summed E-state index contributed by atoms with van der Waals surface area (Å²) >= 11 is 12.5. The molecule has 0 aliphatic carbocycles. The molecule has 0 bridgehead atoms. The van der Waals surface area contributed by atoms with Crippen LogP contribution < -0.4 is 0 Å². The van der Waals surface area contributed by atoms with E-state index >= 15 is 0 Å². The largest absolute Gasteiger partial charge is 0.372 e. The van der Waals surface area contributed by atoms with E-state index in [4.69, 9.17) is 27.9 Å². The number of fused-ring (bicyclic) bond motifs is 1. The zero-order chi connectivity index (χ0) is 13.4. The number of hydrogen-bond donors (Lipinski definition) is 0. The molecule has 1 aliphatic rings. The molecule has 98 valence electrons. The second-order valence-corrected chi connectivity index (χ2v) is 5.39. The van der Waals surface area contributed by atoms with E-state index in [2.05, 4.69) is 0 Å². The minimum atomic E-state index is -0.390. The Hall–Kier alpha value is -1.09. The van der Waals surface area contributed by atoms with Crippen LogP contribution in [0.5, 0.6) is 0 Å². The van der Waals surface area contributed by atoms with Gasteiger partial charge in [-0.1, -0.05) is 35.9 Å². The molecule has 0 amide bonds. The Morgan fingerprint density at radius 3 is 2.63 bits per heavy atom. The van der Waals surface area contributed by atoms with Crippen molar-refractivity contribution in [3.63, 3.8) is 0 Å². The van der Waals surface area contributed by atoms with Crippen LogP contribution >= 0.6 is 23.2 Å². The van der Waals surface area contributed by atoms with Gasteiger partial charge in [-0.25, -0.2) is 4.39 Å². The quantitative estimate of drug-likeness (QED) is 0.721. The molecule has 0 spiro atoms. The van der Waals surface area contributed by atoms with E-state index < -0.39 is 0 Å². The molecule has 0 fully saturated rings. The molecule has 1 unspecified atom stereocenters. The van der Waals surface area contributed by atoms with Crippen molar-refractivity contribution in [1.82, 2.24) is 0 Å². The summed E-state index contributed by atoms with van der Waals surface area (Å²) in [5.74, 6) is -0.361. The first-order chi connectivity index (χ1) is 9.15. The van der Waals surface area contributed by atoms with E-state index in [0.29, 0.717) is 23.8 Å². The molecule has 1 nitrogen and oxygen atoms in total. The van der Waals surface area contributed by atoms with Crippen LogP contribution in [0.2, 0.25) is 5.02 Å². The van der Waals surface area contributed by atoms with Crippen molar-refractivity contribution < 1.29 is 9.13 Å². The number of benzene rings is 2. The van der Waals surface area contributed by atoms with Gasteiger partial charge in [0.2, 0.25) is 0 Å². The standard InChI is InChI=1S/C15H11Cl2FO/c16-14-6-12(18)3-4-13(14)15(17)9-1-2-10-7-19-8-11(10)5-9/h1-6,15H,7-8H2. The Morgan fingerprint density at radius 1 is 1.05 bits per heavy atom. The lowest BCUT2D eigenvalue weighted by atomic mass is 10.00. The van der Waals surface area contributed by atoms with Crippen molar-refractivity contribution in [2.75, 3.05) is 0 Å². The van der Waals surface area contributed by atoms with Crippen LogP contribution in [0.3, 0.4) is 0 Å². The number of ether oxygens (including phenoxy) is 1. The van der Waals surface area contributed by atoms with E-state index in [9.17, 15) is 4.39 Å². The smallest absolute Gasteiger partial charge is 0.124 e. The summed E-state index contributed by atoms with van der Waals surface area (Å²) in [5, 5.41) is -0.0456. The third-order valence-electron chi connectivity index (χ3n) is 3.27. The highest BCUT2D eigenvalue weighted by Gasteiger charge is 2.18. The first-order valence-electron chi connectivity index (χ1n) is 5.93. The maximum absolute atomic E-state index is 13.0. The highest BCUT2D eigenvalue weighted by molar-refractivity contribution is 6.33. The van der Waals surface area contributed by atoms with Gasteiger partial charge in [0.1, 0.15) is 5.82 Å². The van der Waals surface area contributed by atoms with Crippen molar-refractivity contribution in [3.8, 4) is 0 Å². The van der Waals surface area contributed by atoms with Gasteiger partial charge >= 0.3 is 0 Å². The van der Waals surface area contributed by atoms with Gasteiger partial charge in [0.25, 0.3) is 0 Å². The van der Waals surface area contributed by atoms with Gasteiger partial charge in [-0.05, 0) is 34.4 Å². The average Bonchev–Trinajstić information content (AvgIpc) is 2.85. The Bertz CT molecular complexity index is 628. The predicted octanol–water partition coefficient (Wildman–Crippen LogP) is 4.84. The molecule has 0 N–H and O–H groups in total. The second kappa shape index (κ2) is 5.12. The van der Waals surface area contributed by atoms with Gasteiger partial charge in [0.15, 0.2) is 0 Å². The molecular formula is C15H11Cl2FO. The van der Waals surface area contributed by atoms with Gasteiger partial charge in [0.05, 0.1) is 18.6 Å². The number of hydrogen-bond acceptors (Lipinski definition) is 1. The summed E-state index contributed by atoms with van der Waals surface area (Å²) in [5.41, 5.74) is 4.00. The van der Waals surface area contributed by atoms with Crippen LogP contribution in [0.25, 0.3) is 0 Å². The first kappa shape index (κ1) is 12.9. The highest BCUT2D eigenvalue weighted by Crippen LogP contribution is 2.35. The van der Waals surface area contributed by atoms with Crippen molar-refractivity contribution in [2.45, 2.75) is 18.6 Å². The third kappa shape index (κ3) is 2.48. The monoisotopic (exact) mass is 296 g/mol. The fourth-order valence-electron chi connectivity index (χ4n) is 2.24. The molecule has 3 rings (SSSR count). The van der Waals surface area contributed by atoms with Gasteiger partial charge in [0, 0.05) is 5.02 Å². The van der Waals surface area contributed by atoms with E-state index in [-0.39, 0.29) is 11.2 Å². The van der Waals surface area contributed by atoms with Gasteiger partial charge in [-0.15, -0.1) is 11.6 Å². The zero-order valence-electron chi connectivity index (χ0n) is 10.00. The molecule has 4 heteroatoms. The Kier molecular flexibility index (Phi) is 3.48. The fourth-order valence-corrected chi connectivity index (χ4v) is 2.89. The normalized spacial score (nSPS) is 15.3.